The van der Waals surface area contributed by atoms with Gasteiger partial charge in [-0.15, -0.1) is 0 Å². The lowest BCUT2D eigenvalue weighted by Crippen LogP contribution is -2.36. The number of aromatic nitrogens is 2. The number of fused-ring (bicyclic) bond motifs is 1. The molecule has 10 nitrogen and oxygen atoms in total. The predicted octanol–water partition coefficient (Wildman–Crippen LogP) is 0.651. The average Bonchev–Trinajstić information content (AvgIpc) is 3.39. The molecule has 3 atom stereocenters. The quantitative estimate of drug-likeness (QED) is 0.618. The van der Waals surface area contributed by atoms with Crippen LogP contribution in [0.2, 0.25) is 0 Å². The second kappa shape index (κ2) is 9.12. The maximum atomic E-state index is 12.0. The van der Waals surface area contributed by atoms with E-state index in [0.717, 1.165) is 31.7 Å². The second-order valence-electron chi connectivity index (χ2n) is 7.52. The fraction of sp³-hybridized carbons (Fsp3) is 0.706. The monoisotopic (exact) mass is 468 g/mol. The molecular weight excluding hydrogens is 445 g/mol. The molecule has 174 valence electrons. The van der Waals surface area contributed by atoms with Crippen LogP contribution < -0.4 is 14.4 Å². The van der Waals surface area contributed by atoms with Crippen LogP contribution in [0, 0.1) is 11.8 Å². The van der Waals surface area contributed by atoms with Crippen molar-refractivity contribution < 1.29 is 41.0 Å². The normalized spacial score (nSPS) is 25.5. The van der Waals surface area contributed by atoms with Gasteiger partial charge in [-0.25, -0.2) is 27.9 Å². The van der Waals surface area contributed by atoms with E-state index in [1.807, 2.05) is 6.07 Å². The van der Waals surface area contributed by atoms with Crippen LogP contribution in [-0.2, 0) is 19.6 Å². The number of hydrogen-bond donors (Lipinski definition) is 2. The molecule has 2 N–H and O–H groups in total. The Kier molecular flexibility index (Phi) is 6.91. The van der Waals surface area contributed by atoms with Crippen molar-refractivity contribution in [3.63, 3.8) is 0 Å². The third-order valence-electron chi connectivity index (χ3n) is 5.35. The van der Waals surface area contributed by atoms with Gasteiger partial charge < -0.3 is 19.5 Å². The van der Waals surface area contributed by atoms with E-state index < -0.39 is 22.2 Å². The second-order valence-corrected chi connectivity index (χ2v) is 9.56. The molecule has 1 aliphatic carbocycles. The summed E-state index contributed by atoms with van der Waals surface area (Å²) in [4.78, 5) is 19.4. The van der Waals surface area contributed by atoms with Gasteiger partial charge in [-0.3, -0.25) is 0 Å². The van der Waals surface area contributed by atoms with Gasteiger partial charge in [0.2, 0.25) is 15.9 Å². The Labute approximate surface area is 176 Å². The van der Waals surface area contributed by atoms with Crippen LogP contribution in [-0.4, -0.2) is 80.3 Å². The van der Waals surface area contributed by atoms with Crippen LogP contribution in [0.4, 0.5) is 19.0 Å². The summed E-state index contributed by atoms with van der Waals surface area (Å²) in [5.74, 6) is -0.887. The van der Waals surface area contributed by atoms with Crippen LogP contribution in [0.25, 0.3) is 0 Å². The lowest BCUT2D eigenvalue weighted by Gasteiger charge is -2.21. The maximum Gasteiger partial charge on any atom is 0.490 e. The number of aliphatic carboxylic acids is 1. The molecule has 0 bridgehead atoms. The average molecular weight is 468 g/mol. The molecule has 0 unspecified atom stereocenters. The van der Waals surface area contributed by atoms with Crippen LogP contribution in [0.1, 0.15) is 12.8 Å². The Morgan fingerprint density at radius 2 is 2.03 bits per heavy atom. The summed E-state index contributed by atoms with van der Waals surface area (Å²) in [6.07, 6.45) is -1.90. The Hall–Kier alpha value is -2.19. The lowest BCUT2D eigenvalue weighted by molar-refractivity contribution is -0.192. The zero-order chi connectivity index (χ0) is 22.8. The van der Waals surface area contributed by atoms with Gasteiger partial charge in [0.15, 0.2) is 0 Å². The van der Waals surface area contributed by atoms with Crippen LogP contribution in [0.5, 0.6) is 5.88 Å². The Morgan fingerprint density at radius 1 is 1.35 bits per heavy atom. The standard InChI is InChI=1S/C15H22N4O4S.C2HF3O2/c1-22-15-4-14(16-9-17-15)19-6-12-10(8-23-13(12)7-19)5-18-24(20,21)11-2-3-11;3-2(4,5)1(6)7/h4,9-13,18H,2-3,5-8H2,1H3;(H,6,7)/t10-,12-,13-;/m1./s1. The van der Waals surface area contributed by atoms with Crippen molar-refractivity contribution in [2.24, 2.45) is 11.8 Å². The molecule has 0 aromatic carbocycles. The van der Waals surface area contributed by atoms with Gasteiger partial charge in [0, 0.05) is 37.5 Å². The molecule has 4 rings (SSSR count). The van der Waals surface area contributed by atoms with E-state index in [9.17, 15) is 21.6 Å². The number of halogens is 3. The van der Waals surface area contributed by atoms with Crippen molar-refractivity contribution in [2.75, 3.05) is 38.3 Å². The number of carbonyl (C=O) groups is 1. The molecule has 1 aromatic rings. The highest BCUT2D eigenvalue weighted by Gasteiger charge is 2.45. The van der Waals surface area contributed by atoms with Crippen LogP contribution >= 0.6 is 0 Å². The summed E-state index contributed by atoms with van der Waals surface area (Å²) < 4.78 is 69.6. The number of carboxylic acid groups (broad SMARTS) is 1. The molecule has 14 heteroatoms. The van der Waals surface area contributed by atoms with Crippen LogP contribution in [0.15, 0.2) is 12.4 Å². The summed E-state index contributed by atoms with van der Waals surface area (Å²) in [7, 11) is -1.55. The fourth-order valence-corrected chi connectivity index (χ4v) is 4.97. The van der Waals surface area contributed by atoms with E-state index >= 15 is 0 Å². The SMILES string of the molecule is COc1cc(N2C[C@@H]3[C@H](CNS(=O)(=O)C4CC4)CO[C@@H]3C2)ncn1.O=C(O)C(F)(F)F. The van der Waals surface area contributed by atoms with Gasteiger partial charge in [-0.2, -0.15) is 13.2 Å². The molecule has 3 fully saturated rings. The summed E-state index contributed by atoms with van der Waals surface area (Å²) in [6, 6.07) is 1.81. The summed E-state index contributed by atoms with van der Waals surface area (Å²) in [6.45, 7) is 2.64. The van der Waals surface area contributed by atoms with Gasteiger partial charge in [0.1, 0.15) is 12.1 Å². The van der Waals surface area contributed by atoms with Gasteiger partial charge in [0.05, 0.1) is 25.1 Å². The molecule has 3 aliphatic rings. The first-order valence-electron chi connectivity index (χ1n) is 9.52. The Bertz CT molecular complexity index is 896. The maximum absolute atomic E-state index is 12.0. The summed E-state index contributed by atoms with van der Waals surface area (Å²) in [5.41, 5.74) is 0. The van der Waals surface area contributed by atoms with Crippen molar-refractivity contribution in [1.29, 1.82) is 0 Å². The lowest BCUT2D eigenvalue weighted by atomic mass is 9.93. The Morgan fingerprint density at radius 3 is 2.61 bits per heavy atom. The number of carboxylic acids is 1. The number of nitrogens with one attached hydrogen (secondary N) is 1. The third kappa shape index (κ3) is 5.95. The minimum absolute atomic E-state index is 0.126. The smallest absolute Gasteiger partial charge is 0.481 e. The van der Waals surface area contributed by atoms with E-state index in [2.05, 4.69) is 19.6 Å². The number of sulfonamides is 1. The zero-order valence-electron chi connectivity index (χ0n) is 16.6. The number of rotatable bonds is 6. The summed E-state index contributed by atoms with van der Waals surface area (Å²) in [5, 5.41) is 6.95. The van der Waals surface area contributed by atoms with Crippen molar-refractivity contribution >= 4 is 21.8 Å². The highest BCUT2D eigenvalue weighted by Crippen LogP contribution is 2.36. The van der Waals surface area contributed by atoms with E-state index in [0.29, 0.717) is 24.9 Å². The number of methoxy groups -OCH3 is 1. The number of anilines is 1. The number of nitrogens with zero attached hydrogens (tertiary/aromatic N) is 3. The van der Waals surface area contributed by atoms with Gasteiger partial charge in [0.25, 0.3) is 0 Å². The largest absolute Gasteiger partial charge is 0.490 e. The van der Waals surface area contributed by atoms with Gasteiger partial charge in [-0.05, 0) is 12.8 Å². The zero-order valence-corrected chi connectivity index (χ0v) is 17.4. The number of ether oxygens (including phenoxy) is 2. The highest BCUT2D eigenvalue weighted by atomic mass is 32.2. The van der Waals surface area contributed by atoms with E-state index in [1.54, 1.807) is 7.11 Å². The molecule has 0 radical (unpaired) electrons. The molecule has 2 aliphatic heterocycles. The number of hydrogen-bond acceptors (Lipinski definition) is 8. The van der Waals surface area contributed by atoms with E-state index in [1.165, 1.54) is 6.33 Å². The molecule has 31 heavy (non-hydrogen) atoms. The van der Waals surface area contributed by atoms with Crippen molar-refractivity contribution in [3.05, 3.63) is 12.4 Å². The minimum atomic E-state index is -5.08. The van der Waals surface area contributed by atoms with Crippen molar-refractivity contribution in [1.82, 2.24) is 14.7 Å². The topological polar surface area (TPSA) is 131 Å². The molecule has 3 heterocycles. The molecule has 2 saturated heterocycles. The molecule has 0 amide bonds. The first-order valence-corrected chi connectivity index (χ1v) is 11.1. The summed E-state index contributed by atoms with van der Waals surface area (Å²) >= 11 is 0. The highest BCUT2D eigenvalue weighted by molar-refractivity contribution is 7.90. The van der Waals surface area contributed by atoms with Gasteiger partial charge in [-0.1, -0.05) is 0 Å². The molecular formula is C17H23F3N4O6S. The van der Waals surface area contributed by atoms with E-state index in [-0.39, 0.29) is 17.3 Å². The molecule has 0 spiro atoms. The van der Waals surface area contributed by atoms with Crippen LogP contribution in [0.3, 0.4) is 0 Å². The predicted molar refractivity (Wildman–Crippen MR) is 101 cm³/mol. The van der Waals surface area contributed by atoms with Gasteiger partial charge >= 0.3 is 12.1 Å². The Balaban J connectivity index is 0.000000339. The number of alkyl halides is 3. The minimum Gasteiger partial charge on any atom is -0.481 e. The first-order chi connectivity index (χ1) is 14.5. The molecule has 1 saturated carbocycles. The third-order valence-corrected chi connectivity index (χ3v) is 7.27. The first kappa shape index (κ1) is 23.5. The van der Waals surface area contributed by atoms with E-state index in [4.69, 9.17) is 19.4 Å². The fourth-order valence-electron chi connectivity index (χ4n) is 3.53. The van der Waals surface area contributed by atoms with Crippen molar-refractivity contribution in [2.45, 2.75) is 30.4 Å². The molecule has 1 aromatic heterocycles. The van der Waals surface area contributed by atoms with Crippen molar-refractivity contribution in [3.8, 4) is 5.88 Å².